The monoisotopic (exact) mass is 388 g/mol. The van der Waals surface area contributed by atoms with E-state index >= 15 is 0 Å². The summed E-state index contributed by atoms with van der Waals surface area (Å²) in [4.78, 5) is 38.6. The van der Waals surface area contributed by atoms with Crippen LogP contribution >= 0.6 is 0 Å². The van der Waals surface area contributed by atoms with Crippen LogP contribution in [0.4, 0.5) is 0 Å². The van der Waals surface area contributed by atoms with Gasteiger partial charge in [-0.25, -0.2) is 4.98 Å². The van der Waals surface area contributed by atoms with Gasteiger partial charge in [-0.15, -0.1) is 0 Å². The number of aromatic amines is 1. The fourth-order valence-corrected chi connectivity index (χ4v) is 3.68. The minimum Gasteiger partial charge on any atom is -0.336 e. The first-order chi connectivity index (χ1) is 14.2. The van der Waals surface area contributed by atoms with Crippen LogP contribution in [0, 0.1) is 0 Å². The Balaban J connectivity index is 1.38. The van der Waals surface area contributed by atoms with Crippen LogP contribution in [0.1, 0.15) is 36.1 Å². The molecule has 0 aliphatic carbocycles. The van der Waals surface area contributed by atoms with E-state index in [0.29, 0.717) is 48.7 Å². The molecule has 1 aliphatic heterocycles. The summed E-state index contributed by atoms with van der Waals surface area (Å²) in [6.45, 7) is 0.953. The van der Waals surface area contributed by atoms with Crippen molar-refractivity contribution in [2.45, 2.75) is 38.6 Å². The maximum absolute atomic E-state index is 12.7. The number of aromatic nitrogens is 3. The standard InChI is InChI=1S/C23H24N4O2/c28-21(12-5-4-10-17-8-2-1-3-9-17)27-15-13-18-20(16-27)25-22(26-23(18)29)19-11-6-7-14-24-19/h1-3,6-9,11,14H,4-5,10,12-13,15-16H2,(H,25,26,29). The number of benzene rings is 1. The van der Waals surface area contributed by atoms with Gasteiger partial charge < -0.3 is 9.88 Å². The van der Waals surface area contributed by atoms with E-state index in [1.165, 1.54) is 5.56 Å². The van der Waals surface area contributed by atoms with Crippen LogP contribution in [0.2, 0.25) is 0 Å². The SMILES string of the molecule is O=C(CCCCc1ccccc1)N1CCc2c(nc(-c3ccccn3)[nH]c2=O)C1. The van der Waals surface area contributed by atoms with Crippen molar-refractivity contribution in [2.75, 3.05) is 6.54 Å². The molecule has 0 atom stereocenters. The first-order valence-electron chi connectivity index (χ1n) is 10.1. The van der Waals surface area contributed by atoms with Crippen LogP contribution in [0.3, 0.4) is 0 Å². The molecule has 0 saturated carbocycles. The highest BCUT2D eigenvalue weighted by atomic mass is 16.2. The van der Waals surface area contributed by atoms with Crippen molar-refractivity contribution in [3.05, 3.63) is 81.9 Å². The van der Waals surface area contributed by atoms with Gasteiger partial charge in [0, 0.05) is 24.7 Å². The molecule has 3 heterocycles. The molecule has 6 nitrogen and oxygen atoms in total. The second kappa shape index (κ2) is 8.82. The lowest BCUT2D eigenvalue weighted by Gasteiger charge is -2.28. The van der Waals surface area contributed by atoms with Crippen molar-refractivity contribution in [3.63, 3.8) is 0 Å². The van der Waals surface area contributed by atoms with Gasteiger partial charge in [0.05, 0.1) is 12.2 Å². The molecule has 1 N–H and O–H groups in total. The molecule has 148 valence electrons. The number of nitrogens with one attached hydrogen (secondary N) is 1. The van der Waals surface area contributed by atoms with Crippen molar-refractivity contribution >= 4 is 5.91 Å². The number of carbonyl (C=O) groups excluding carboxylic acids is 1. The fourth-order valence-electron chi connectivity index (χ4n) is 3.68. The van der Waals surface area contributed by atoms with Crippen LogP contribution in [-0.2, 0) is 24.2 Å². The molecule has 1 aliphatic rings. The minimum atomic E-state index is -0.134. The number of amides is 1. The Morgan fingerprint density at radius 1 is 1.07 bits per heavy atom. The van der Waals surface area contributed by atoms with Crippen LogP contribution < -0.4 is 5.56 Å². The predicted octanol–water partition coefficient (Wildman–Crippen LogP) is 3.13. The Hall–Kier alpha value is -3.28. The molecular formula is C23H24N4O2. The van der Waals surface area contributed by atoms with Crippen molar-refractivity contribution in [2.24, 2.45) is 0 Å². The lowest BCUT2D eigenvalue weighted by Crippen LogP contribution is -2.39. The highest BCUT2D eigenvalue weighted by molar-refractivity contribution is 5.76. The van der Waals surface area contributed by atoms with Crippen molar-refractivity contribution in [1.82, 2.24) is 19.9 Å². The molecule has 0 spiro atoms. The van der Waals surface area contributed by atoms with Gasteiger partial charge >= 0.3 is 0 Å². The van der Waals surface area contributed by atoms with Gasteiger partial charge in [0.25, 0.3) is 5.56 Å². The summed E-state index contributed by atoms with van der Waals surface area (Å²) in [5.74, 6) is 0.580. The number of hydrogen-bond acceptors (Lipinski definition) is 4. The van der Waals surface area contributed by atoms with E-state index in [2.05, 4.69) is 27.1 Å². The summed E-state index contributed by atoms with van der Waals surface area (Å²) in [5.41, 5.74) is 3.15. The fraction of sp³-hybridized carbons (Fsp3) is 0.304. The third-order valence-electron chi connectivity index (χ3n) is 5.28. The van der Waals surface area contributed by atoms with Crippen molar-refractivity contribution in [3.8, 4) is 11.5 Å². The number of H-pyrrole nitrogens is 1. The molecule has 0 fully saturated rings. The first kappa shape index (κ1) is 19.1. The largest absolute Gasteiger partial charge is 0.336 e. The van der Waals surface area contributed by atoms with Gasteiger partial charge in [-0.1, -0.05) is 36.4 Å². The molecule has 3 aromatic rings. The lowest BCUT2D eigenvalue weighted by molar-refractivity contribution is -0.132. The van der Waals surface area contributed by atoms with E-state index in [1.54, 1.807) is 6.20 Å². The van der Waals surface area contributed by atoms with E-state index in [-0.39, 0.29) is 11.5 Å². The summed E-state index contributed by atoms with van der Waals surface area (Å²) in [7, 11) is 0. The zero-order valence-corrected chi connectivity index (χ0v) is 16.3. The Morgan fingerprint density at radius 3 is 2.69 bits per heavy atom. The zero-order chi connectivity index (χ0) is 20.1. The van der Waals surface area contributed by atoms with Gasteiger partial charge in [-0.05, 0) is 43.4 Å². The smallest absolute Gasteiger partial charge is 0.254 e. The van der Waals surface area contributed by atoms with Crippen LogP contribution in [0.15, 0.2) is 59.5 Å². The number of pyridine rings is 1. The minimum absolute atomic E-state index is 0.130. The Kier molecular flexibility index (Phi) is 5.79. The summed E-state index contributed by atoms with van der Waals surface area (Å²) in [6, 6.07) is 15.8. The average molecular weight is 388 g/mol. The van der Waals surface area contributed by atoms with Crippen molar-refractivity contribution < 1.29 is 4.79 Å². The van der Waals surface area contributed by atoms with Gasteiger partial charge in [-0.3, -0.25) is 14.6 Å². The Labute approximate surface area is 169 Å². The van der Waals surface area contributed by atoms with E-state index in [0.717, 1.165) is 19.3 Å². The summed E-state index contributed by atoms with van der Waals surface area (Å²) in [5, 5.41) is 0. The third-order valence-corrected chi connectivity index (χ3v) is 5.28. The summed E-state index contributed by atoms with van der Waals surface area (Å²) < 4.78 is 0. The molecule has 1 amide bonds. The number of fused-ring (bicyclic) bond motifs is 1. The Morgan fingerprint density at radius 2 is 1.90 bits per heavy atom. The van der Waals surface area contributed by atoms with Crippen molar-refractivity contribution in [1.29, 1.82) is 0 Å². The molecule has 0 unspecified atom stereocenters. The quantitative estimate of drug-likeness (QED) is 0.658. The van der Waals surface area contributed by atoms with E-state index in [1.807, 2.05) is 41.3 Å². The highest BCUT2D eigenvalue weighted by Crippen LogP contribution is 2.18. The van der Waals surface area contributed by atoms with Gasteiger partial charge in [-0.2, -0.15) is 0 Å². The summed E-state index contributed by atoms with van der Waals surface area (Å²) >= 11 is 0. The number of nitrogens with zero attached hydrogens (tertiary/aromatic N) is 3. The first-order valence-corrected chi connectivity index (χ1v) is 10.1. The molecule has 29 heavy (non-hydrogen) atoms. The van der Waals surface area contributed by atoms with E-state index in [4.69, 9.17) is 0 Å². The van der Waals surface area contributed by atoms with Gasteiger partial charge in [0.1, 0.15) is 5.69 Å². The second-order valence-corrected chi connectivity index (χ2v) is 7.31. The van der Waals surface area contributed by atoms with Crippen LogP contribution in [0.25, 0.3) is 11.5 Å². The van der Waals surface area contributed by atoms with E-state index < -0.39 is 0 Å². The highest BCUT2D eigenvalue weighted by Gasteiger charge is 2.24. The zero-order valence-electron chi connectivity index (χ0n) is 16.3. The maximum Gasteiger partial charge on any atom is 0.254 e. The predicted molar refractivity (Wildman–Crippen MR) is 111 cm³/mol. The molecule has 1 aromatic carbocycles. The lowest BCUT2D eigenvalue weighted by atomic mass is 10.0. The summed E-state index contributed by atoms with van der Waals surface area (Å²) in [6.07, 6.45) is 5.57. The normalized spacial score (nSPS) is 13.2. The number of unbranched alkanes of at least 4 members (excludes halogenated alkanes) is 1. The second-order valence-electron chi connectivity index (χ2n) is 7.31. The molecule has 0 saturated heterocycles. The molecule has 0 bridgehead atoms. The topological polar surface area (TPSA) is 79.0 Å². The average Bonchev–Trinajstić information content (AvgIpc) is 2.77. The molecule has 2 aromatic heterocycles. The van der Waals surface area contributed by atoms with Gasteiger partial charge in [0.2, 0.25) is 5.91 Å². The number of hydrogen-bond donors (Lipinski definition) is 1. The number of aryl methyl sites for hydroxylation is 1. The molecule has 6 heteroatoms. The third kappa shape index (κ3) is 4.59. The Bertz CT molecular complexity index is 1030. The molecular weight excluding hydrogens is 364 g/mol. The number of rotatable bonds is 6. The van der Waals surface area contributed by atoms with Gasteiger partial charge in [0.15, 0.2) is 5.82 Å². The van der Waals surface area contributed by atoms with E-state index in [9.17, 15) is 9.59 Å². The maximum atomic E-state index is 12.7. The van der Waals surface area contributed by atoms with Crippen LogP contribution in [-0.4, -0.2) is 32.3 Å². The molecule has 4 rings (SSSR count). The molecule has 0 radical (unpaired) electrons. The number of carbonyl (C=O) groups is 1. The van der Waals surface area contributed by atoms with Crippen LogP contribution in [0.5, 0.6) is 0 Å².